The lowest BCUT2D eigenvalue weighted by molar-refractivity contribution is 0.100. The molecule has 0 fully saturated rings. The molecule has 6 heteroatoms. The van der Waals surface area contributed by atoms with Crippen molar-refractivity contribution in [1.82, 2.24) is 4.98 Å². The van der Waals surface area contributed by atoms with Crippen LogP contribution < -0.4 is 16.8 Å². The summed E-state index contributed by atoms with van der Waals surface area (Å²) >= 11 is 4.85. The zero-order chi connectivity index (χ0) is 13.8. The van der Waals surface area contributed by atoms with Crippen molar-refractivity contribution in [3.05, 3.63) is 53.7 Å². The van der Waals surface area contributed by atoms with Gasteiger partial charge in [0.1, 0.15) is 10.8 Å². The molecule has 1 amide bonds. The first kappa shape index (κ1) is 13.0. The van der Waals surface area contributed by atoms with Crippen molar-refractivity contribution in [3.8, 4) is 0 Å². The van der Waals surface area contributed by atoms with Gasteiger partial charge in [-0.05, 0) is 36.4 Å². The van der Waals surface area contributed by atoms with E-state index >= 15 is 0 Å². The van der Waals surface area contributed by atoms with E-state index in [9.17, 15) is 4.79 Å². The SMILES string of the molecule is NC(=O)c1ccc(Nc2ccc(C(N)=S)cn2)cc1. The number of amides is 1. The summed E-state index contributed by atoms with van der Waals surface area (Å²) in [4.78, 5) is 15.4. The Kier molecular flexibility index (Phi) is 3.72. The van der Waals surface area contributed by atoms with Crippen LogP contribution in [0.15, 0.2) is 42.6 Å². The standard InChI is InChI=1S/C13H12N4OS/c14-12(18)8-1-4-10(5-2-8)17-11-6-3-9(7-16-11)13(15)19/h1-7H,(H2,14,18)(H2,15,19)(H,16,17). The Morgan fingerprint density at radius 3 is 2.16 bits per heavy atom. The Morgan fingerprint density at radius 2 is 1.68 bits per heavy atom. The maximum Gasteiger partial charge on any atom is 0.248 e. The first-order valence-corrected chi connectivity index (χ1v) is 5.90. The number of anilines is 2. The molecule has 2 rings (SSSR count). The fourth-order valence-corrected chi connectivity index (χ4v) is 1.60. The number of primary amides is 1. The lowest BCUT2D eigenvalue weighted by Crippen LogP contribution is -2.10. The topological polar surface area (TPSA) is 94.0 Å². The average molecular weight is 272 g/mol. The van der Waals surface area contributed by atoms with Gasteiger partial charge in [0.2, 0.25) is 5.91 Å². The molecule has 0 radical (unpaired) electrons. The van der Waals surface area contributed by atoms with Gasteiger partial charge in [-0.25, -0.2) is 4.98 Å². The van der Waals surface area contributed by atoms with Crippen molar-refractivity contribution < 1.29 is 4.79 Å². The van der Waals surface area contributed by atoms with Crippen LogP contribution in [0.5, 0.6) is 0 Å². The number of carbonyl (C=O) groups excluding carboxylic acids is 1. The van der Waals surface area contributed by atoms with Crippen molar-refractivity contribution in [2.45, 2.75) is 0 Å². The largest absolute Gasteiger partial charge is 0.389 e. The van der Waals surface area contributed by atoms with Crippen LogP contribution in [0.1, 0.15) is 15.9 Å². The van der Waals surface area contributed by atoms with Crippen LogP contribution in [0, 0.1) is 0 Å². The molecule has 0 unspecified atom stereocenters. The molecule has 0 aliphatic carbocycles. The monoisotopic (exact) mass is 272 g/mol. The minimum atomic E-state index is -0.453. The average Bonchev–Trinajstić information content (AvgIpc) is 2.40. The second-order valence-electron chi connectivity index (χ2n) is 3.86. The predicted molar refractivity (Wildman–Crippen MR) is 78.4 cm³/mol. The van der Waals surface area contributed by atoms with Gasteiger partial charge in [-0.15, -0.1) is 0 Å². The number of thiocarbonyl (C=S) groups is 1. The van der Waals surface area contributed by atoms with Gasteiger partial charge in [0.15, 0.2) is 0 Å². The highest BCUT2D eigenvalue weighted by Crippen LogP contribution is 2.15. The second-order valence-corrected chi connectivity index (χ2v) is 4.30. The lowest BCUT2D eigenvalue weighted by Gasteiger charge is -2.06. The number of aromatic nitrogens is 1. The molecule has 1 heterocycles. The van der Waals surface area contributed by atoms with Crippen LogP contribution in [0.25, 0.3) is 0 Å². The van der Waals surface area contributed by atoms with Crippen molar-refractivity contribution in [2.75, 3.05) is 5.32 Å². The number of hydrogen-bond donors (Lipinski definition) is 3. The fraction of sp³-hybridized carbons (Fsp3) is 0. The van der Waals surface area contributed by atoms with E-state index in [-0.39, 0.29) is 0 Å². The molecule has 0 saturated heterocycles. The van der Waals surface area contributed by atoms with Crippen LogP contribution in [0.4, 0.5) is 11.5 Å². The van der Waals surface area contributed by atoms with Crippen molar-refractivity contribution in [2.24, 2.45) is 11.5 Å². The van der Waals surface area contributed by atoms with E-state index < -0.39 is 5.91 Å². The summed E-state index contributed by atoms with van der Waals surface area (Å²) in [6, 6.07) is 10.4. The van der Waals surface area contributed by atoms with Gasteiger partial charge in [0.05, 0.1) is 0 Å². The quantitative estimate of drug-likeness (QED) is 0.734. The molecule has 19 heavy (non-hydrogen) atoms. The van der Waals surface area contributed by atoms with Gasteiger partial charge in [0.25, 0.3) is 0 Å². The molecule has 0 aliphatic rings. The molecule has 5 nitrogen and oxygen atoms in total. The fourth-order valence-electron chi connectivity index (χ4n) is 1.48. The van der Waals surface area contributed by atoms with E-state index in [1.54, 1.807) is 42.6 Å². The molecule has 0 bridgehead atoms. The van der Waals surface area contributed by atoms with E-state index in [0.717, 1.165) is 5.69 Å². The second kappa shape index (κ2) is 5.45. The number of pyridine rings is 1. The van der Waals surface area contributed by atoms with Crippen LogP contribution in [-0.4, -0.2) is 15.9 Å². The maximum absolute atomic E-state index is 10.9. The summed E-state index contributed by atoms with van der Waals surface area (Å²) in [6.45, 7) is 0. The van der Waals surface area contributed by atoms with Gasteiger partial charge in [-0.3, -0.25) is 4.79 Å². The van der Waals surface area contributed by atoms with E-state index in [2.05, 4.69) is 10.3 Å². The molecule has 96 valence electrons. The van der Waals surface area contributed by atoms with Crippen molar-refractivity contribution in [1.29, 1.82) is 0 Å². The lowest BCUT2D eigenvalue weighted by atomic mass is 10.2. The van der Waals surface area contributed by atoms with Gasteiger partial charge < -0.3 is 16.8 Å². The third-order valence-corrected chi connectivity index (χ3v) is 2.73. The van der Waals surface area contributed by atoms with Crippen LogP contribution >= 0.6 is 12.2 Å². The first-order chi connectivity index (χ1) is 9.06. The van der Waals surface area contributed by atoms with Crippen molar-refractivity contribution in [3.63, 3.8) is 0 Å². The smallest absolute Gasteiger partial charge is 0.248 e. The molecule has 0 saturated carbocycles. The van der Waals surface area contributed by atoms with E-state index in [1.807, 2.05) is 0 Å². The zero-order valence-electron chi connectivity index (χ0n) is 9.96. The Hall–Kier alpha value is -2.47. The third kappa shape index (κ3) is 3.26. The predicted octanol–water partition coefficient (Wildman–Crippen LogP) is 1.56. The number of carbonyl (C=O) groups is 1. The number of nitrogens with two attached hydrogens (primary N) is 2. The van der Waals surface area contributed by atoms with Gasteiger partial charge >= 0.3 is 0 Å². The van der Waals surface area contributed by atoms with Gasteiger partial charge in [-0.2, -0.15) is 0 Å². The number of nitrogens with zero attached hydrogens (tertiary/aromatic N) is 1. The van der Waals surface area contributed by atoms with Gasteiger partial charge in [-0.1, -0.05) is 12.2 Å². The van der Waals surface area contributed by atoms with E-state index in [1.165, 1.54) is 0 Å². The summed E-state index contributed by atoms with van der Waals surface area (Å²) in [5, 5.41) is 3.09. The summed E-state index contributed by atoms with van der Waals surface area (Å²) in [6.07, 6.45) is 1.60. The Bertz CT molecular complexity index is 552. The molecular formula is C13H12N4OS. The van der Waals surface area contributed by atoms with Crippen molar-refractivity contribution >= 4 is 34.6 Å². The highest BCUT2D eigenvalue weighted by atomic mass is 32.1. The highest BCUT2D eigenvalue weighted by Gasteiger charge is 2.01. The number of hydrogen-bond acceptors (Lipinski definition) is 4. The maximum atomic E-state index is 10.9. The molecule has 5 N–H and O–H groups in total. The number of nitrogens with one attached hydrogen (secondary N) is 1. The molecule has 0 aliphatic heterocycles. The molecule has 0 spiro atoms. The first-order valence-electron chi connectivity index (χ1n) is 5.49. The Balaban J connectivity index is 2.12. The molecule has 1 aromatic heterocycles. The normalized spacial score (nSPS) is 9.89. The van der Waals surface area contributed by atoms with Crippen LogP contribution in [0.3, 0.4) is 0 Å². The van der Waals surface area contributed by atoms with Crippen LogP contribution in [0.2, 0.25) is 0 Å². The van der Waals surface area contributed by atoms with Crippen LogP contribution in [-0.2, 0) is 0 Å². The minimum absolute atomic E-state index is 0.310. The summed E-state index contributed by atoms with van der Waals surface area (Å²) in [7, 11) is 0. The highest BCUT2D eigenvalue weighted by molar-refractivity contribution is 7.80. The Morgan fingerprint density at radius 1 is 1.05 bits per heavy atom. The Labute approximate surface area is 115 Å². The van der Waals surface area contributed by atoms with E-state index in [0.29, 0.717) is 21.9 Å². The number of rotatable bonds is 4. The molecule has 1 aromatic carbocycles. The summed E-state index contributed by atoms with van der Waals surface area (Å²) < 4.78 is 0. The molecule has 2 aromatic rings. The zero-order valence-corrected chi connectivity index (χ0v) is 10.8. The summed E-state index contributed by atoms with van der Waals surface area (Å²) in [5.74, 6) is 0.206. The van der Waals surface area contributed by atoms with Gasteiger partial charge in [0, 0.05) is 23.0 Å². The molecular weight excluding hydrogens is 260 g/mol. The third-order valence-electron chi connectivity index (χ3n) is 2.49. The van der Waals surface area contributed by atoms with E-state index in [4.69, 9.17) is 23.7 Å². The summed E-state index contributed by atoms with van der Waals surface area (Å²) in [5.41, 5.74) is 12.6. The number of benzene rings is 1. The molecule has 0 atom stereocenters. The minimum Gasteiger partial charge on any atom is -0.389 e.